The molecule has 19 heavy (non-hydrogen) atoms. The largest absolute Gasteiger partial charge is 0.432 e. The monoisotopic (exact) mass is 266 g/mol. The van der Waals surface area contributed by atoms with Crippen LogP contribution in [0.1, 0.15) is 46.5 Å². The summed E-state index contributed by atoms with van der Waals surface area (Å²) < 4.78 is 18.0. The molecule has 3 saturated heterocycles. The Morgan fingerprint density at radius 2 is 1.95 bits per heavy atom. The van der Waals surface area contributed by atoms with E-state index in [9.17, 15) is 4.79 Å². The second kappa shape index (κ2) is 3.53. The highest BCUT2D eigenvalue weighted by molar-refractivity contribution is 5.74. The van der Waals surface area contributed by atoms with Crippen molar-refractivity contribution in [2.45, 2.75) is 64.1 Å². The topological polar surface area (TPSA) is 44.8 Å². The summed E-state index contributed by atoms with van der Waals surface area (Å²) >= 11 is 0. The van der Waals surface area contributed by atoms with Gasteiger partial charge in [0.1, 0.15) is 5.60 Å². The highest BCUT2D eigenvalue weighted by atomic mass is 16.8. The minimum absolute atomic E-state index is 0.0738. The molecule has 1 aliphatic carbocycles. The summed E-state index contributed by atoms with van der Waals surface area (Å²) in [4.78, 5) is 12.1. The number of rotatable bonds is 0. The molecule has 0 aromatic rings. The Morgan fingerprint density at radius 3 is 2.74 bits per heavy atom. The second-order valence-corrected chi connectivity index (χ2v) is 7.07. The van der Waals surface area contributed by atoms with Crippen LogP contribution in [0.15, 0.2) is 0 Å². The first kappa shape index (κ1) is 12.2. The van der Waals surface area contributed by atoms with Crippen LogP contribution in [0.4, 0.5) is 0 Å². The molecule has 106 valence electrons. The first-order valence-corrected chi connectivity index (χ1v) is 7.55. The van der Waals surface area contributed by atoms with Crippen molar-refractivity contribution in [1.29, 1.82) is 0 Å². The summed E-state index contributed by atoms with van der Waals surface area (Å²) in [6, 6.07) is 0. The lowest BCUT2D eigenvalue weighted by Gasteiger charge is -2.56. The molecule has 4 rings (SSSR count). The molecular formula is C15H22O4. The van der Waals surface area contributed by atoms with Crippen LogP contribution in [0.25, 0.3) is 0 Å². The molecule has 2 bridgehead atoms. The maximum Gasteiger partial charge on any atom is 0.311 e. The van der Waals surface area contributed by atoms with Crippen molar-refractivity contribution in [3.05, 3.63) is 0 Å². The lowest BCUT2D eigenvalue weighted by atomic mass is 9.57. The van der Waals surface area contributed by atoms with Gasteiger partial charge in [0.25, 0.3) is 0 Å². The first-order chi connectivity index (χ1) is 8.96. The van der Waals surface area contributed by atoms with E-state index in [2.05, 4.69) is 6.92 Å². The Morgan fingerprint density at radius 1 is 1.16 bits per heavy atom. The van der Waals surface area contributed by atoms with E-state index in [-0.39, 0.29) is 23.4 Å². The molecule has 0 aromatic carbocycles. The quantitative estimate of drug-likeness (QED) is 0.632. The van der Waals surface area contributed by atoms with Gasteiger partial charge in [-0.3, -0.25) is 4.79 Å². The number of carbonyl (C=O) groups excluding carboxylic acids is 1. The van der Waals surface area contributed by atoms with Gasteiger partial charge in [-0.15, -0.1) is 0 Å². The number of esters is 1. The fraction of sp³-hybridized carbons (Fsp3) is 0.933. The molecule has 3 heterocycles. The number of ether oxygens (including phenoxy) is 3. The van der Waals surface area contributed by atoms with E-state index in [4.69, 9.17) is 14.2 Å². The van der Waals surface area contributed by atoms with Gasteiger partial charge in [0, 0.05) is 12.3 Å². The van der Waals surface area contributed by atoms with Crippen LogP contribution in [0.3, 0.4) is 0 Å². The van der Waals surface area contributed by atoms with Gasteiger partial charge in [-0.1, -0.05) is 13.8 Å². The van der Waals surface area contributed by atoms with E-state index in [0.717, 1.165) is 19.3 Å². The minimum atomic E-state index is -0.555. The van der Waals surface area contributed by atoms with Crippen molar-refractivity contribution in [3.8, 4) is 0 Å². The Bertz CT molecular complexity index is 436. The van der Waals surface area contributed by atoms with Crippen molar-refractivity contribution in [2.24, 2.45) is 23.7 Å². The van der Waals surface area contributed by atoms with E-state index < -0.39 is 12.1 Å². The predicted octanol–water partition coefficient (Wildman–Crippen LogP) is 2.46. The van der Waals surface area contributed by atoms with E-state index in [1.807, 2.05) is 13.8 Å². The highest BCUT2D eigenvalue weighted by Gasteiger charge is 2.72. The summed E-state index contributed by atoms with van der Waals surface area (Å²) in [5.41, 5.74) is -0.377. The van der Waals surface area contributed by atoms with Gasteiger partial charge < -0.3 is 14.2 Å². The average Bonchev–Trinajstić information content (AvgIpc) is 2.56. The summed E-state index contributed by atoms with van der Waals surface area (Å²) in [5.74, 6) is 0.586. The van der Waals surface area contributed by atoms with E-state index in [1.54, 1.807) is 0 Å². The van der Waals surface area contributed by atoms with Crippen LogP contribution in [-0.2, 0) is 19.0 Å². The Kier molecular flexibility index (Phi) is 2.26. The molecule has 4 nitrogen and oxygen atoms in total. The van der Waals surface area contributed by atoms with Crippen LogP contribution in [0.2, 0.25) is 0 Å². The Labute approximate surface area is 113 Å². The van der Waals surface area contributed by atoms with Crippen molar-refractivity contribution in [1.82, 2.24) is 0 Å². The summed E-state index contributed by atoms with van der Waals surface area (Å²) in [7, 11) is 0. The van der Waals surface area contributed by atoms with Crippen molar-refractivity contribution >= 4 is 5.97 Å². The van der Waals surface area contributed by atoms with Crippen molar-refractivity contribution in [3.63, 3.8) is 0 Å². The maximum atomic E-state index is 12.1. The predicted molar refractivity (Wildman–Crippen MR) is 67.0 cm³/mol. The maximum absolute atomic E-state index is 12.1. The molecule has 3 aliphatic heterocycles. The third kappa shape index (κ3) is 1.34. The summed E-state index contributed by atoms with van der Waals surface area (Å²) in [6.07, 6.45) is 3.76. The van der Waals surface area contributed by atoms with Gasteiger partial charge in [-0.2, -0.15) is 0 Å². The molecule has 0 radical (unpaired) electrons. The summed E-state index contributed by atoms with van der Waals surface area (Å²) in [5, 5.41) is 0. The Balaban J connectivity index is 1.84. The molecule has 1 spiro atoms. The lowest BCUT2D eigenvalue weighted by Crippen LogP contribution is -2.65. The molecule has 4 heteroatoms. The normalized spacial score (nSPS) is 59.5. The molecule has 0 aromatic heterocycles. The van der Waals surface area contributed by atoms with Crippen molar-refractivity contribution < 1.29 is 19.0 Å². The van der Waals surface area contributed by atoms with Gasteiger partial charge in [0.15, 0.2) is 5.79 Å². The third-order valence-electron chi connectivity index (χ3n) is 6.00. The van der Waals surface area contributed by atoms with Crippen LogP contribution in [0.5, 0.6) is 0 Å². The zero-order valence-electron chi connectivity index (χ0n) is 11.8. The standard InChI is InChI=1S/C15H22O4/c1-8-4-5-11-9(2)12(16)17-13-15(11)10(8)6-7-14(3,18-13)19-15/h8-11,13H,4-7H2,1-3H3/t8-,9-,10-,11-,13+,14+,15-/m1/s1. The van der Waals surface area contributed by atoms with Gasteiger partial charge in [0.2, 0.25) is 6.29 Å². The fourth-order valence-corrected chi connectivity index (χ4v) is 5.03. The zero-order chi connectivity index (χ0) is 13.4. The van der Waals surface area contributed by atoms with Gasteiger partial charge in [-0.25, -0.2) is 0 Å². The molecular weight excluding hydrogens is 244 g/mol. The third-order valence-corrected chi connectivity index (χ3v) is 6.00. The fourth-order valence-electron chi connectivity index (χ4n) is 5.03. The molecule has 4 fully saturated rings. The Hall–Kier alpha value is -0.610. The molecule has 1 saturated carbocycles. The molecule has 0 unspecified atom stereocenters. The minimum Gasteiger partial charge on any atom is -0.432 e. The summed E-state index contributed by atoms with van der Waals surface area (Å²) in [6.45, 7) is 6.28. The molecule has 0 amide bonds. The number of fused-ring (bicyclic) bond motifs is 1. The molecule has 4 aliphatic rings. The lowest BCUT2D eigenvalue weighted by molar-refractivity contribution is -0.263. The van der Waals surface area contributed by atoms with E-state index in [0.29, 0.717) is 11.8 Å². The van der Waals surface area contributed by atoms with Gasteiger partial charge >= 0.3 is 5.97 Å². The van der Waals surface area contributed by atoms with E-state index in [1.165, 1.54) is 6.42 Å². The van der Waals surface area contributed by atoms with E-state index >= 15 is 0 Å². The smallest absolute Gasteiger partial charge is 0.311 e. The highest BCUT2D eigenvalue weighted by Crippen LogP contribution is 2.62. The number of carbonyl (C=O) groups is 1. The zero-order valence-corrected chi connectivity index (χ0v) is 11.8. The van der Waals surface area contributed by atoms with Crippen molar-refractivity contribution in [2.75, 3.05) is 0 Å². The van der Waals surface area contributed by atoms with Crippen LogP contribution in [-0.4, -0.2) is 23.6 Å². The van der Waals surface area contributed by atoms with Gasteiger partial charge in [-0.05, 0) is 38.0 Å². The van der Waals surface area contributed by atoms with Crippen LogP contribution >= 0.6 is 0 Å². The van der Waals surface area contributed by atoms with Crippen LogP contribution in [0, 0.1) is 23.7 Å². The van der Waals surface area contributed by atoms with Gasteiger partial charge in [0.05, 0.1) is 5.92 Å². The average molecular weight is 266 g/mol. The molecule has 0 N–H and O–H groups in total. The first-order valence-electron chi connectivity index (χ1n) is 7.55. The second-order valence-electron chi connectivity index (χ2n) is 7.07. The van der Waals surface area contributed by atoms with Crippen LogP contribution < -0.4 is 0 Å². The SMILES string of the molecule is C[C@@H]1CC[C@@H]2[C@@H](C)C(=O)O[C@H]3O[C@]4(C)CC[C@H]1[C@]32O4. The number of hydrogen-bond acceptors (Lipinski definition) is 4. The molecule has 7 atom stereocenters. The number of hydrogen-bond donors (Lipinski definition) is 0.